The Labute approximate surface area is 163 Å². The number of nitrogens with one attached hydrogen (secondary N) is 2. The van der Waals surface area contributed by atoms with Gasteiger partial charge in [-0.15, -0.1) is 11.8 Å². The molecule has 0 aromatic heterocycles. The number of amides is 1. The molecular formula is C22H21FN2OS. The van der Waals surface area contributed by atoms with Gasteiger partial charge in [0.2, 0.25) is 0 Å². The van der Waals surface area contributed by atoms with Gasteiger partial charge in [0.05, 0.1) is 0 Å². The average molecular weight is 380 g/mol. The molecule has 0 radical (unpaired) electrons. The van der Waals surface area contributed by atoms with E-state index in [9.17, 15) is 9.18 Å². The lowest BCUT2D eigenvalue weighted by Gasteiger charge is -2.09. The molecule has 2 N–H and O–H groups in total. The van der Waals surface area contributed by atoms with Crippen molar-refractivity contribution in [1.29, 1.82) is 0 Å². The number of hydrogen-bond acceptors (Lipinski definition) is 3. The fourth-order valence-corrected chi connectivity index (χ4v) is 3.35. The van der Waals surface area contributed by atoms with Crippen LogP contribution in [0.15, 0.2) is 83.8 Å². The van der Waals surface area contributed by atoms with Crippen LogP contribution in [0.2, 0.25) is 0 Å². The lowest BCUT2D eigenvalue weighted by molar-refractivity contribution is 0.0955. The van der Waals surface area contributed by atoms with Gasteiger partial charge in [0, 0.05) is 35.0 Å². The van der Waals surface area contributed by atoms with Gasteiger partial charge in [0.25, 0.3) is 5.91 Å². The number of anilines is 1. The molecule has 0 saturated carbocycles. The maximum Gasteiger partial charge on any atom is 0.251 e. The highest BCUT2D eigenvalue weighted by Crippen LogP contribution is 2.24. The molecule has 0 aliphatic carbocycles. The van der Waals surface area contributed by atoms with Crippen LogP contribution in [0.1, 0.15) is 15.9 Å². The van der Waals surface area contributed by atoms with E-state index >= 15 is 0 Å². The predicted octanol–water partition coefficient (Wildman–Crippen LogP) is 4.96. The van der Waals surface area contributed by atoms with Crippen LogP contribution in [0.4, 0.5) is 10.1 Å². The fourth-order valence-electron chi connectivity index (χ4n) is 2.50. The Bertz CT molecular complexity index is 852. The van der Waals surface area contributed by atoms with Crippen molar-refractivity contribution in [3.8, 4) is 0 Å². The summed E-state index contributed by atoms with van der Waals surface area (Å²) in [5, 5.41) is 6.09. The molecule has 1 amide bonds. The Morgan fingerprint density at radius 1 is 0.852 bits per heavy atom. The van der Waals surface area contributed by atoms with Gasteiger partial charge in [-0.1, -0.05) is 30.3 Å². The maximum atomic E-state index is 12.9. The van der Waals surface area contributed by atoms with Gasteiger partial charge in [0.15, 0.2) is 0 Å². The Morgan fingerprint density at radius 2 is 1.56 bits per heavy atom. The summed E-state index contributed by atoms with van der Waals surface area (Å²) in [6, 6.07) is 24.2. The zero-order chi connectivity index (χ0) is 18.9. The van der Waals surface area contributed by atoms with Crippen LogP contribution in [0, 0.1) is 5.82 Å². The largest absolute Gasteiger partial charge is 0.383 e. The van der Waals surface area contributed by atoms with E-state index < -0.39 is 0 Å². The molecule has 0 bridgehead atoms. The van der Waals surface area contributed by atoms with E-state index in [1.54, 1.807) is 11.8 Å². The van der Waals surface area contributed by atoms with Crippen LogP contribution < -0.4 is 10.6 Å². The van der Waals surface area contributed by atoms with Crippen LogP contribution in [0.3, 0.4) is 0 Å². The van der Waals surface area contributed by atoms with Crippen LogP contribution >= 0.6 is 11.8 Å². The molecule has 0 aliphatic heterocycles. The summed E-state index contributed by atoms with van der Waals surface area (Å²) in [7, 11) is 0. The molecule has 138 valence electrons. The van der Waals surface area contributed by atoms with Crippen molar-refractivity contribution in [3.05, 3.63) is 95.8 Å². The molecule has 0 spiro atoms. The predicted molar refractivity (Wildman–Crippen MR) is 110 cm³/mol. The highest BCUT2D eigenvalue weighted by molar-refractivity contribution is 7.98. The molecule has 3 aromatic carbocycles. The normalized spacial score (nSPS) is 10.4. The third-order valence-electron chi connectivity index (χ3n) is 3.95. The van der Waals surface area contributed by atoms with Crippen LogP contribution in [0.5, 0.6) is 0 Å². The molecule has 0 fully saturated rings. The molecule has 5 heteroatoms. The van der Waals surface area contributed by atoms with Gasteiger partial charge in [-0.05, 0) is 54.1 Å². The zero-order valence-corrected chi connectivity index (χ0v) is 15.6. The van der Waals surface area contributed by atoms with Gasteiger partial charge in [-0.3, -0.25) is 4.79 Å². The van der Waals surface area contributed by atoms with Gasteiger partial charge in [0.1, 0.15) is 5.82 Å². The summed E-state index contributed by atoms with van der Waals surface area (Å²) in [6.45, 7) is 1.10. The zero-order valence-electron chi connectivity index (χ0n) is 14.8. The summed E-state index contributed by atoms with van der Waals surface area (Å²) < 4.78 is 12.9. The van der Waals surface area contributed by atoms with Crippen molar-refractivity contribution in [3.63, 3.8) is 0 Å². The third kappa shape index (κ3) is 6.15. The van der Waals surface area contributed by atoms with Crippen molar-refractivity contribution in [1.82, 2.24) is 5.32 Å². The highest BCUT2D eigenvalue weighted by Gasteiger charge is 2.04. The van der Waals surface area contributed by atoms with Crippen molar-refractivity contribution in [2.24, 2.45) is 0 Å². The second-order valence-electron chi connectivity index (χ2n) is 5.99. The summed E-state index contributed by atoms with van der Waals surface area (Å²) in [5.41, 5.74) is 2.77. The molecule has 0 atom stereocenters. The lowest BCUT2D eigenvalue weighted by atomic mass is 10.2. The van der Waals surface area contributed by atoms with Crippen LogP contribution in [0.25, 0.3) is 0 Å². The number of thioether (sulfide) groups is 1. The van der Waals surface area contributed by atoms with E-state index in [0.717, 1.165) is 11.4 Å². The second-order valence-corrected chi connectivity index (χ2v) is 7.04. The summed E-state index contributed by atoms with van der Waals surface area (Å²) in [5.74, 6) is 0.395. The number of hydrogen-bond donors (Lipinski definition) is 2. The Balaban J connectivity index is 1.38. The number of halogens is 1. The molecular weight excluding hydrogens is 359 g/mol. The van der Waals surface area contributed by atoms with E-state index in [-0.39, 0.29) is 11.7 Å². The maximum absolute atomic E-state index is 12.9. The molecule has 0 saturated heterocycles. The van der Waals surface area contributed by atoms with E-state index in [0.29, 0.717) is 18.7 Å². The van der Waals surface area contributed by atoms with E-state index in [4.69, 9.17) is 0 Å². The average Bonchev–Trinajstić information content (AvgIpc) is 2.71. The molecule has 3 rings (SSSR count). The SMILES string of the molecule is O=C(NCCNc1ccc(SCc2ccccc2)cc1)c1ccc(F)cc1. The number of benzene rings is 3. The van der Waals surface area contributed by atoms with E-state index in [1.807, 2.05) is 18.2 Å². The van der Waals surface area contributed by atoms with Gasteiger partial charge in [-0.25, -0.2) is 4.39 Å². The van der Waals surface area contributed by atoms with E-state index in [1.165, 1.54) is 34.7 Å². The van der Waals surface area contributed by atoms with Gasteiger partial charge < -0.3 is 10.6 Å². The first-order chi connectivity index (χ1) is 13.2. The molecule has 0 unspecified atom stereocenters. The van der Waals surface area contributed by atoms with Crippen LogP contribution in [-0.2, 0) is 5.75 Å². The number of rotatable bonds is 8. The summed E-state index contributed by atoms with van der Waals surface area (Å²) in [4.78, 5) is 13.2. The molecule has 0 aliphatic rings. The minimum Gasteiger partial charge on any atom is -0.383 e. The number of carbonyl (C=O) groups is 1. The van der Waals surface area contributed by atoms with E-state index in [2.05, 4.69) is 47.0 Å². The third-order valence-corrected chi connectivity index (χ3v) is 5.03. The smallest absolute Gasteiger partial charge is 0.251 e. The lowest BCUT2D eigenvalue weighted by Crippen LogP contribution is -2.28. The standard InChI is InChI=1S/C22H21FN2OS/c23-19-8-6-18(7-9-19)22(26)25-15-14-24-20-10-12-21(13-11-20)27-16-17-4-2-1-3-5-17/h1-13,24H,14-16H2,(H,25,26). The first-order valence-electron chi connectivity index (χ1n) is 8.75. The molecule has 27 heavy (non-hydrogen) atoms. The van der Waals surface area contributed by atoms with Gasteiger partial charge >= 0.3 is 0 Å². The Kier molecular flexibility index (Phi) is 6.88. The molecule has 3 nitrogen and oxygen atoms in total. The molecule has 3 aromatic rings. The van der Waals surface area contributed by atoms with Gasteiger partial charge in [-0.2, -0.15) is 0 Å². The first-order valence-corrected chi connectivity index (χ1v) is 9.74. The second kappa shape index (κ2) is 9.78. The first kappa shape index (κ1) is 19.0. The minimum absolute atomic E-state index is 0.204. The molecule has 0 heterocycles. The van der Waals surface area contributed by atoms with Crippen molar-refractivity contribution in [2.75, 3.05) is 18.4 Å². The monoisotopic (exact) mass is 380 g/mol. The Morgan fingerprint density at radius 3 is 2.26 bits per heavy atom. The minimum atomic E-state index is -0.349. The highest BCUT2D eigenvalue weighted by atomic mass is 32.2. The summed E-state index contributed by atoms with van der Waals surface area (Å²) in [6.07, 6.45) is 0. The topological polar surface area (TPSA) is 41.1 Å². The van der Waals surface area contributed by atoms with Crippen molar-refractivity contribution < 1.29 is 9.18 Å². The fraction of sp³-hybridized carbons (Fsp3) is 0.136. The Hall–Kier alpha value is -2.79. The number of carbonyl (C=O) groups excluding carboxylic acids is 1. The van der Waals surface area contributed by atoms with Crippen molar-refractivity contribution in [2.45, 2.75) is 10.6 Å². The quantitative estimate of drug-likeness (QED) is 0.429. The van der Waals surface area contributed by atoms with Crippen molar-refractivity contribution >= 4 is 23.4 Å². The summed E-state index contributed by atoms with van der Waals surface area (Å²) >= 11 is 1.80. The van der Waals surface area contributed by atoms with Crippen LogP contribution in [-0.4, -0.2) is 19.0 Å².